The van der Waals surface area contributed by atoms with E-state index in [-0.39, 0.29) is 4.87 Å². The van der Waals surface area contributed by atoms with Crippen LogP contribution in [0.1, 0.15) is 40.0 Å². The standard InChI is InChI=1S/C12H22ClISi/c1-4-15(5-2,6-3)10-7-11(14)8-12(10,13)9-11/h10H,4-9H2,1-3H3. The lowest BCUT2D eigenvalue weighted by Gasteiger charge is -2.45. The molecule has 0 N–H and O–H groups in total. The van der Waals surface area contributed by atoms with Crippen LogP contribution >= 0.6 is 34.2 Å². The molecule has 0 aromatic heterocycles. The smallest absolute Gasteiger partial charge is 0.0577 e. The molecule has 3 saturated carbocycles. The maximum absolute atomic E-state index is 6.84. The normalized spacial score (nSPS) is 44.2. The van der Waals surface area contributed by atoms with Crippen molar-refractivity contribution in [1.29, 1.82) is 0 Å². The summed E-state index contributed by atoms with van der Waals surface area (Å²) in [7, 11) is -1.06. The summed E-state index contributed by atoms with van der Waals surface area (Å²) >= 11 is 9.52. The Bertz CT molecular complexity index is 248. The third-order valence-corrected chi connectivity index (χ3v) is 13.6. The molecule has 0 aromatic rings. The van der Waals surface area contributed by atoms with Gasteiger partial charge in [-0.25, -0.2) is 0 Å². The first kappa shape index (κ1) is 12.7. The van der Waals surface area contributed by atoms with Gasteiger partial charge in [0.25, 0.3) is 0 Å². The molecule has 0 amide bonds. The molecule has 0 spiro atoms. The van der Waals surface area contributed by atoms with Crippen LogP contribution in [0.4, 0.5) is 0 Å². The summed E-state index contributed by atoms with van der Waals surface area (Å²) in [5, 5.41) is 0. The van der Waals surface area contributed by atoms with Crippen molar-refractivity contribution < 1.29 is 0 Å². The Balaban J connectivity index is 2.24. The Kier molecular flexibility index (Phi) is 3.28. The van der Waals surface area contributed by atoms with Crippen LogP contribution in [0.5, 0.6) is 0 Å². The van der Waals surface area contributed by atoms with Crippen molar-refractivity contribution in [3.05, 3.63) is 0 Å². The van der Waals surface area contributed by atoms with Crippen LogP contribution in [-0.4, -0.2) is 16.4 Å². The molecule has 3 aliphatic rings. The first-order valence-corrected chi connectivity index (χ1v) is 10.5. The van der Waals surface area contributed by atoms with E-state index < -0.39 is 8.07 Å². The van der Waals surface area contributed by atoms with Gasteiger partial charge < -0.3 is 0 Å². The zero-order chi connectivity index (χ0) is 11.3. The summed E-state index contributed by atoms with van der Waals surface area (Å²) in [5.74, 6) is 0. The summed E-state index contributed by atoms with van der Waals surface area (Å²) < 4.78 is 0.599. The van der Waals surface area contributed by atoms with E-state index in [4.69, 9.17) is 11.6 Å². The van der Waals surface area contributed by atoms with Crippen molar-refractivity contribution in [1.82, 2.24) is 0 Å². The molecule has 3 rings (SSSR count). The minimum absolute atomic E-state index is 0.232. The fourth-order valence-corrected chi connectivity index (χ4v) is 13.3. The number of alkyl halides is 2. The van der Waals surface area contributed by atoms with Crippen LogP contribution in [-0.2, 0) is 0 Å². The van der Waals surface area contributed by atoms with Crippen molar-refractivity contribution in [3.8, 4) is 0 Å². The minimum Gasteiger partial charge on any atom is -0.119 e. The third-order valence-electron chi connectivity index (χ3n) is 5.27. The minimum atomic E-state index is -1.06. The van der Waals surface area contributed by atoms with Gasteiger partial charge in [0, 0.05) is 8.30 Å². The average molecular weight is 357 g/mol. The summed E-state index contributed by atoms with van der Waals surface area (Å²) in [5.41, 5.74) is 0.906. The zero-order valence-corrected chi connectivity index (χ0v) is 14.0. The number of fused-ring (bicyclic) bond motifs is 1. The molecule has 0 radical (unpaired) electrons. The lowest BCUT2D eigenvalue weighted by molar-refractivity contribution is 0.387. The highest BCUT2D eigenvalue weighted by molar-refractivity contribution is 14.1. The predicted molar refractivity (Wildman–Crippen MR) is 80.1 cm³/mol. The Labute approximate surface area is 114 Å². The largest absolute Gasteiger partial charge is 0.119 e. The van der Waals surface area contributed by atoms with Gasteiger partial charge in [-0.15, -0.1) is 11.6 Å². The van der Waals surface area contributed by atoms with E-state index in [0.717, 1.165) is 5.54 Å². The van der Waals surface area contributed by atoms with Gasteiger partial charge in [-0.3, -0.25) is 0 Å². The van der Waals surface area contributed by atoms with E-state index in [1.807, 2.05) is 0 Å². The van der Waals surface area contributed by atoms with Gasteiger partial charge in [0.15, 0.2) is 0 Å². The maximum atomic E-state index is 6.84. The van der Waals surface area contributed by atoms with Gasteiger partial charge in [0.2, 0.25) is 0 Å². The van der Waals surface area contributed by atoms with Crippen LogP contribution < -0.4 is 0 Å². The zero-order valence-electron chi connectivity index (χ0n) is 10.1. The molecule has 0 heterocycles. The van der Waals surface area contributed by atoms with Gasteiger partial charge in [-0.1, -0.05) is 61.5 Å². The van der Waals surface area contributed by atoms with E-state index in [1.165, 1.54) is 37.4 Å². The molecular weight excluding hydrogens is 335 g/mol. The molecule has 1 unspecified atom stereocenters. The second kappa shape index (κ2) is 3.87. The Morgan fingerprint density at radius 2 is 1.67 bits per heavy atom. The molecule has 0 aromatic carbocycles. The van der Waals surface area contributed by atoms with E-state index in [1.54, 1.807) is 0 Å². The quantitative estimate of drug-likeness (QED) is 0.368. The number of hydrogen-bond donors (Lipinski definition) is 0. The van der Waals surface area contributed by atoms with Crippen LogP contribution in [0.2, 0.25) is 23.7 Å². The Morgan fingerprint density at radius 3 is 1.93 bits per heavy atom. The highest BCUT2D eigenvalue weighted by Gasteiger charge is 2.68. The second-order valence-corrected chi connectivity index (χ2v) is 14.3. The topological polar surface area (TPSA) is 0 Å². The maximum Gasteiger partial charge on any atom is 0.0577 e. The summed E-state index contributed by atoms with van der Waals surface area (Å²) in [6, 6.07) is 4.31. The SMILES string of the molecule is CC[Si](CC)(CC)C1CC2(I)CC1(Cl)C2. The van der Waals surface area contributed by atoms with Crippen molar-refractivity contribution in [3.63, 3.8) is 0 Å². The molecule has 2 bridgehead atoms. The van der Waals surface area contributed by atoms with Gasteiger partial charge in [-0.2, -0.15) is 0 Å². The van der Waals surface area contributed by atoms with Crippen LogP contribution in [0.15, 0.2) is 0 Å². The highest BCUT2D eigenvalue weighted by Crippen LogP contribution is 2.72. The molecule has 3 heteroatoms. The van der Waals surface area contributed by atoms with Gasteiger partial charge in [-0.05, 0) is 24.8 Å². The Hall–Kier alpha value is 1.24. The first-order chi connectivity index (χ1) is 6.94. The van der Waals surface area contributed by atoms with E-state index in [2.05, 4.69) is 43.4 Å². The number of halogens is 2. The van der Waals surface area contributed by atoms with E-state index in [9.17, 15) is 0 Å². The molecule has 0 saturated heterocycles. The van der Waals surface area contributed by atoms with Crippen LogP contribution in [0.3, 0.4) is 0 Å². The van der Waals surface area contributed by atoms with Gasteiger partial charge in [0.05, 0.1) is 8.07 Å². The molecule has 3 fully saturated rings. The molecule has 0 aliphatic heterocycles. The monoisotopic (exact) mass is 356 g/mol. The van der Waals surface area contributed by atoms with E-state index in [0.29, 0.717) is 3.42 Å². The fraction of sp³-hybridized carbons (Fsp3) is 1.00. The number of rotatable bonds is 4. The summed E-state index contributed by atoms with van der Waals surface area (Å²) in [6.07, 6.45) is 4.02. The summed E-state index contributed by atoms with van der Waals surface area (Å²) in [4.78, 5) is 0.232. The molecule has 0 nitrogen and oxygen atoms in total. The summed E-state index contributed by atoms with van der Waals surface area (Å²) in [6.45, 7) is 7.24. The van der Waals surface area contributed by atoms with Crippen molar-refractivity contribution in [2.24, 2.45) is 0 Å². The van der Waals surface area contributed by atoms with Crippen LogP contribution in [0.25, 0.3) is 0 Å². The second-order valence-electron chi connectivity index (χ2n) is 5.72. The predicted octanol–water partition coefficient (Wildman–Crippen LogP) is 5.21. The van der Waals surface area contributed by atoms with Gasteiger partial charge >= 0.3 is 0 Å². The molecule has 1 atom stereocenters. The van der Waals surface area contributed by atoms with Crippen molar-refractivity contribution in [2.45, 2.75) is 72.0 Å². The average Bonchev–Trinajstić information content (AvgIpc) is 2.56. The molecular formula is C12H22ClISi. The number of hydrogen-bond acceptors (Lipinski definition) is 0. The lowest BCUT2D eigenvalue weighted by Crippen LogP contribution is -2.47. The Morgan fingerprint density at radius 1 is 1.20 bits per heavy atom. The lowest BCUT2D eigenvalue weighted by atomic mass is 9.83. The fourth-order valence-electron chi connectivity index (χ4n) is 4.20. The van der Waals surface area contributed by atoms with Crippen molar-refractivity contribution >= 4 is 42.3 Å². The third kappa shape index (κ3) is 1.73. The van der Waals surface area contributed by atoms with Crippen LogP contribution in [0, 0.1) is 0 Å². The molecule has 15 heavy (non-hydrogen) atoms. The highest BCUT2D eigenvalue weighted by atomic mass is 127. The molecule has 3 aliphatic carbocycles. The molecule has 88 valence electrons. The first-order valence-electron chi connectivity index (χ1n) is 6.31. The van der Waals surface area contributed by atoms with Crippen molar-refractivity contribution in [2.75, 3.05) is 0 Å². The van der Waals surface area contributed by atoms with Gasteiger partial charge in [0.1, 0.15) is 0 Å². The van der Waals surface area contributed by atoms with E-state index >= 15 is 0 Å².